The van der Waals surface area contributed by atoms with E-state index in [4.69, 9.17) is 9.47 Å². The lowest BCUT2D eigenvalue weighted by molar-refractivity contribution is 0.230. The minimum Gasteiger partial charge on any atom is -0.493 e. The lowest BCUT2D eigenvalue weighted by Gasteiger charge is -2.16. The Morgan fingerprint density at radius 1 is 1.33 bits per heavy atom. The third kappa shape index (κ3) is 3.39. The molecule has 0 bridgehead atoms. The molecule has 1 aromatic carbocycles. The smallest absolute Gasteiger partial charge is 0.161 e. The predicted molar refractivity (Wildman–Crippen MR) is 73.5 cm³/mol. The summed E-state index contributed by atoms with van der Waals surface area (Å²) in [6.07, 6.45) is 3.79. The Morgan fingerprint density at radius 3 is 2.78 bits per heavy atom. The fourth-order valence-corrected chi connectivity index (χ4v) is 2.41. The first kappa shape index (κ1) is 13.2. The fourth-order valence-electron chi connectivity index (χ4n) is 2.41. The van der Waals surface area contributed by atoms with Crippen molar-refractivity contribution >= 4 is 0 Å². The standard InChI is InChI=1S/C15H23NO2/c1-11(2)18-14-7-6-12(10-15(14)17-3)9-13-5-4-8-16-13/h6-7,10-11,13,16H,4-5,8-9H2,1-3H3. The van der Waals surface area contributed by atoms with Crippen LogP contribution in [0, 0.1) is 0 Å². The van der Waals surface area contributed by atoms with Crippen molar-refractivity contribution in [3.8, 4) is 11.5 Å². The van der Waals surface area contributed by atoms with Crippen LogP contribution in [0.4, 0.5) is 0 Å². The number of methoxy groups -OCH3 is 1. The van der Waals surface area contributed by atoms with Crippen molar-refractivity contribution in [2.45, 2.75) is 45.3 Å². The molecule has 3 nitrogen and oxygen atoms in total. The molecule has 3 heteroatoms. The third-order valence-electron chi connectivity index (χ3n) is 3.24. The monoisotopic (exact) mass is 249 g/mol. The van der Waals surface area contributed by atoms with Crippen molar-refractivity contribution in [3.63, 3.8) is 0 Å². The minimum absolute atomic E-state index is 0.168. The van der Waals surface area contributed by atoms with Crippen LogP contribution in [-0.4, -0.2) is 25.8 Å². The Balaban J connectivity index is 2.08. The first-order valence-electron chi connectivity index (χ1n) is 6.76. The van der Waals surface area contributed by atoms with Gasteiger partial charge in [0.05, 0.1) is 13.2 Å². The molecule has 1 aliphatic rings. The van der Waals surface area contributed by atoms with Gasteiger partial charge in [-0.25, -0.2) is 0 Å². The van der Waals surface area contributed by atoms with Gasteiger partial charge in [-0.05, 0) is 57.4 Å². The second kappa shape index (κ2) is 6.10. The minimum atomic E-state index is 0.168. The van der Waals surface area contributed by atoms with E-state index in [1.807, 2.05) is 19.9 Å². The largest absolute Gasteiger partial charge is 0.493 e. The highest BCUT2D eigenvalue weighted by Gasteiger charge is 2.15. The molecular formula is C15H23NO2. The van der Waals surface area contributed by atoms with Crippen molar-refractivity contribution < 1.29 is 9.47 Å². The van der Waals surface area contributed by atoms with Crippen molar-refractivity contribution in [2.24, 2.45) is 0 Å². The van der Waals surface area contributed by atoms with E-state index >= 15 is 0 Å². The average Bonchev–Trinajstić information content (AvgIpc) is 2.83. The van der Waals surface area contributed by atoms with Crippen LogP contribution in [0.2, 0.25) is 0 Å². The first-order chi connectivity index (χ1) is 8.69. The Kier molecular flexibility index (Phi) is 4.48. The Morgan fingerprint density at radius 2 is 2.17 bits per heavy atom. The molecule has 100 valence electrons. The molecule has 0 aromatic heterocycles. The maximum atomic E-state index is 5.72. The molecule has 2 rings (SSSR count). The summed E-state index contributed by atoms with van der Waals surface area (Å²) in [6, 6.07) is 6.87. The number of ether oxygens (including phenoxy) is 2. The van der Waals surface area contributed by atoms with E-state index in [2.05, 4.69) is 17.4 Å². The van der Waals surface area contributed by atoms with Gasteiger partial charge in [-0.3, -0.25) is 0 Å². The van der Waals surface area contributed by atoms with Crippen molar-refractivity contribution in [1.82, 2.24) is 5.32 Å². The SMILES string of the molecule is COc1cc(CC2CCCN2)ccc1OC(C)C. The van der Waals surface area contributed by atoms with Gasteiger partial charge in [0, 0.05) is 6.04 Å². The zero-order valence-corrected chi connectivity index (χ0v) is 11.5. The summed E-state index contributed by atoms with van der Waals surface area (Å²) in [5.74, 6) is 1.66. The first-order valence-corrected chi connectivity index (χ1v) is 6.76. The van der Waals surface area contributed by atoms with Gasteiger partial charge in [-0.15, -0.1) is 0 Å². The molecule has 0 saturated carbocycles. The summed E-state index contributed by atoms with van der Waals surface area (Å²) in [4.78, 5) is 0. The topological polar surface area (TPSA) is 30.5 Å². The summed E-state index contributed by atoms with van der Waals surface area (Å²) in [5.41, 5.74) is 1.31. The van der Waals surface area contributed by atoms with Crippen LogP contribution in [0.15, 0.2) is 18.2 Å². The van der Waals surface area contributed by atoms with Crippen molar-refractivity contribution in [3.05, 3.63) is 23.8 Å². The lowest BCUT2D eigenvalue weighted by Crippen LogP contribution is -2.23. The van der Waals surface area contributed by atoms with E-state index in [0.29, 0.717) is 6.04 Å². The van der Waals surface area contributed by atoms with Gasteiger partial charge < -0.3 is 14.8 Å². The van der Waals surface area contributed by atoms with Gasteiger partial charge in [0.1, 0.15) is 0 Å². The van der Waals surface area contributed by atoms with Crippen LogP contribution in [0.25, 0.3) is 0 Å². The molecule has 1 unspecified atom stereocenters. The third-order valence-corrected chi connectivity index (χ3v) is 3.24. The Labute approximate surface area is 109 Å². The van der Waals surface area contributed by atoms with Crippen LogP contribution >= 0.6 is 0 Å². The maximum Gasteiger partial charge on any atom is 0.161 e. The van der Waals surface area contributed by atoms with Crippen LogP contribution in [-0.2, 0) is 6.42 Å². The Hall–Kier alpha value is -1.22. The van der Waals surface area contributed by atoms with E-state index < -0.39 is 0 Å². The summed E-state index contributed by atoms with van der Waals surface area (Å²) in [5, 5.41) is 3.52. The molecule has 1 aliphatic heterocycles. The average molecular weight is 249 g/mol. The number of benzene rings is 1. The van der Waals surface area contributed by atoms with E-state index in [-0.39, 0.29) is 6.10 Å². The van der Waals surface area contributed by atoms with Gasteiger partial charge >= 0.3 is 0 Å². The molecule has 1 saturated heterocycles. The number of hydrogen-bond donors (Lipinski definition) is 1. The number of rotatable bonds is 5. The molecule has 0 radical (unpaired) electrons. The highest BCUT2D eigenvalue weighted by molar-refractivity contribution is 5.43. The molecule has 1 atom stereocenters. The van der Waals surface area contributed by atoms with Crippen LogP contribution in [0.5, 0.6) is 11.5 Å². The molecule has 0 aliphatic carbocycles. The highest BCUT2D eigenvalue weighted by Crippen LogP contribution is 2.29. The molecule has 1 N–H and O–H groups in total. The summed E-state index contributed by atoms with van der Waals surface area (Å²) in [7, 11) is 1.69. The van der Waals surface area contributed by atoms with Gasteiger partial charge in [0.25, 0.3) is 0 Å². The van der Waals surface area contributed by atoms with Crippen LogP contribution in [0.1, 0.15) is 32.3 Å². The van der Waals surface area contributed by atoms with Crippen LogP contribution < -0.4 is 14.8 Å². The van der Waals surface area contributed by atoms with Gasteiger partial charge in [0.15, 0.2) is 11.5 Å². The number of nitrogens with one attached hydrogen (secondary N) is 1. The van der Waals surface area contributed by atoms with E-state index in [1.165, 1.54) is 18.4 Å². The Bertz CT molecular complexity index is 384. The summed E-state index contributed by atoms with van der Waals surface area (Å²) < 4.78 is 11.1. The lowest BCUT2D eigenvalue weighted by atomic mass is 10.0. The van der Waals surface area contributed by atoms with E-state index in [0.717, 1.165) is 24.5 Å². The molecule has 1 aromatic rings. The second-order valence-electron chi connectivity index (χ2n) is 5.15. The molecule has 18 heavy (non-hydrogen) atoms. The highest BCUT2D eigenvalue weighted by atomic mass is 16.5. The quantitative estimate of drug-likeness (QED) is 0.870. The molecule has 1 heterocycles. The molecule has 0 amide bonds. The molecule has 0 spiro atoms. The van der Waals surface area contributed by atoms with E-state index in [9.17, 15) is 0 Å². The number of hydrogen-bond acceptors (Lipinski definition) is 3. The second-order valence-corrected chi connectivity index (χ2v) is 5.15. The van der Waals surface area contributed by atoms with Gasteiger partial charge in [-0.2, -0.15) is 0 Å². The van der Waals surface area contributed by atoms with Gasteiger partial charge in [-0.1, -0.05) is 6.07 Å². The zero-order chi connectivity index (χ0) is 13.0. The molecular weight excluding hydrogens is 226 g/mol. The van der Waals surface area contributed by atoms with E-state index in [1.54, 1.807) is 7.11 Å². The molecule has 1 fully saturated rings. The normalized spacial score (nSPS) is 19.2. The summed E-state index contributed by atoms with van der Waals surface area (Å²) >= 11 is 0. The fraction of sp³-hybridized carbons (Fsp3) is 0.600. The maximum absolute atomic E-state index is 5.72. The zero-order valence-electron chi connectivity index (χ0n) is 11.5. The predicted octanol–water partition coefficient (Wildman–Crippen LogP) is 2.78. The van der Waals surface area contributed by atoms with Crippen LogP contribution in [0.3, 0.4) is 0 Å². The van der Waals surface area contributed by atoms with Crippen molar-refractivity contribution in [2.75, 3.05) is 13.7 Å². The summed E-state index contributed by atoms with van der Waals surface area (Å²) in [6.45, 7) is 5.20. The van der Waals surface area contributed by atoms with Gasteiger partial charge in [0.2, 0.25) is 0 Å². The van der Waals surface area contributed by atoms with Crippen molar-refractivity contribution in [1.29, 1.82) is 0 Å².